The second-order valence-corrected chi connectivity index (χ2v) is 5.91. The highest BCUT2D eigenvalue weighted by Crippen LogP contribution is 2.38. The molecule has 2 N–H and O–H groups in total. The third-order valence-corrected chi connectivity index (χ3v) is 4.33. The van der Waals surface area contributed by atoms with Gasteiger partial charge in [-0.1, -0.05) is 60.7 Å². The first kappa shape index (κ1) is 15.3. The molecule has 1 aliphatic carbocycles. The first-order chi connectivity index (χ1) is 11.2. The highest BCUT2D eigenvalue weighted by atomic mass is 16.4. The van der Waals surface area contributed by atoms with Crippen LogP contribution in [0.3, 0.4) is 0 Å². The van der Waals surface area contributed by atoms with Crippen molar-refractivity contribution >= 4 is 11.9 Å². The Labute approximate surface area is 135 Å². The third-order valence-electron chi connectivity index (χ3n) is 4.33. The quantitative estimate of drug-likeness (QED) is 0.862. The van der Waals surface area contributed by atoms with E-state index in [1.807, 2.05) is 60.7 Å². The van der Waals surface area contributed by atoms with Gasteiger partial charge in [0.2, 0.25) is 5.91 Å². The van der Waals surface area contributed by atoms with Gasteiger partial charge in [-0.3, -0.25) is 9.59 Å². The zero-order chi connectivity index (χ0) is 16.2. The van der Waals surface area contributed by atoms with E-state index in [1.54, 1.807) is 0 Å². The molecule has 1 saturated carbocycles. The van der Waals surface area contributed by atoms with Crippen LogP contribution in [-0.4, -0.2) is 23.5 Å². The predicted molar refractivity (Wildman–Crippen MR) is 87.0 cm³/mol. The van der Waals surface area contributed by atoms with Gasteiger partial charge in [-0.15, -0.1) is 0 Å². The molecule has 4 heteroatoms. The van der Waals surface area contributed by atoms with Gasteiger partial charge in [0.1, 0.15) is 0 Å². The molecule has 2 aromatic rings. The molecule has 0 bridgehead atoms. The van der Waals surface area contributed by atoms with Crippen molar-refractivity contribution in [3.63, 3.8) is 0 Å². The van der Waals surface area contributed by atoms with Crippen LogP contribution in [0.15, 0.2) is 60.7 Å². The second kappa shape index (κ2) is 6.65. The molecule has 0 radical (unpaired) electrons. The molecule has 0 heterocycles. The predicted octanol–water partition coefficient (Wildman–Crippen LogP) is 2.66. The number of carboxylic acid groups (broad SMARTS) is 1. The number of hydrogen-bond acceptors (Lipinski definition) is 2. The zero-order valence-corrected chi connectivity index (χ0v) is 12.7. The fraction of sp³-hybridized carbons (Fsp3) is 0.263. The molecule has 1 aliphatic rings. The molecule has 23 heavy (non-hydrogen) atoms. The summed E-state index contributed by atoms with van der Waals surface area (Å²) in [6.45, 7) is 0.468. The molecule has 0 spiro atoms. The summed E-state index contributed by atoms with van der Waals surface area (Å²) in [5.41, 5.74) is 2.26. The number of amides is 1. The van der Waals surface area contributed by atoms with Crippen LogP contribution >= 0.6 is 0 Å². The van der Waals surface area contributed by atoms with Crippen molar-refractivity contribution in [2.75, 3.05) is 6.54 Å². The van der Waals surface area contributed by atoms with E-state index < -0.39 is 11.9 Å². The van der Waals surface area contributed by atoms with Crippen LogP contribution in [0.1, 0.15) is 23.5 Å². The Kier molecular flexibility index (Phi) is 4.42. The van der Waals surface area contributed by atoms with Gasteiger partial charge in [-0.25, -0.2) is 0 Å². The lowest BCUT2D eigenvalue weighted by atomic mass is 9.91. The van der Waals surface area contributed by atoms with Gasteiger partial charge < -0.3 is 10.4 Å². The fourth-order valence-electron chi connectivity index (χ4n) is 2.89. The summed E-state index contributed by atoms with van der Waals surface area (Å²) >= 11 is 0. The van der Waals surface area contributed by atoms with Gasteiger partial charge in [0, 0.05) is 12.5 Å². The summed E-state index contributed by atoms with van der Waals surface area (Å²) in [7, 11) is 0. The van der Waals surface area contributed by atoms with Gasteiger partial charge >= 0.3 is 5.97 Å². The van der Waals surface area contributed by atoms with Gasteiger partial charge in [0.25, 0.3) is 0 Å². The minimum Gasteiger partial charge on any atom is -0.481 e. The average Bonchev–Trinajstić information content (AvgIpc) is 3.38. The van der Waals surface area contributed by atoms with Crippen molar-refractivity contribution in [1.29, 1.82) is 0 Å². The number of benzene rings is 2. The molecule has 118 valence electrons. The molecule has 4 nitrogen and oxygen atoms in total. The van der Waals surface area contributed by atoms with Gasteiger partial charge in [0.15, 0.2) is 0 Å². The summed E-state index contributed by atoms with van der Waals surface area (Å²) in [6, 6.07) is 20.0. The Morgan fingerprint density at radius 3 is 1.91 bits per heavy atom. The molecule has 2 aromatic carbocycles. The Morgan fingerprint density at radius 1 is 0.957 bits per heavy atom. The lowest BCUT2D eigenvalue weighted by molar-refractivity contribution is -0.140. The Hall–Kier alpha value is -2.62. The highest BCUT2D eigenvalue weighted by molar-refractivity contribution is 5.89. The Balaban J connectivity index is 1.70. The number of hydrogen-bond donors (Lipinski definition) is 2. The SMILES string of the molecule is O=C(O)C1CC1C(=O)NCC(c1ccccc1)c1ccccc1. The van der Waals surface area contributed by atoms with E-state index in [0.29, 0.717) is 13.0 Å². The number of carbonyl (C=O) groups excluding carboxylic acids is 1. The van der Waals surface area contributed by atoms with Gasteiger partial charge in [-0.05, 0) is 17.5 Å². The van der Waals surface area contributed by atoms with Crippen LogP contribution in [0, 0.1) is 11.8 Å². The summed E-state index contributed by atoms with van der Waals surface area (Å²) in [5, 5.41) is 11.9. The normalized spacial score (nSPS) is 19.3. The maximum atomic E-state index is 12.1. The summed E-state index contributed by atoms with van der Waals surface area (Å²) in [6.07, 6.45) is 0.447. The molecule has 2 unspecified atom stereocenters. The third kappa shape index (κ3) is 3.59. The Bertz CT molecular complexity index is 645. The van der Waals surface area contributed by atoms with Gasteiger partial charge in [0.05, 0.1) is 11.8 Å². The van der Waals surface area contributed by atoms with Crippen molar-refractivity contribution in [3.8, 4) is 0 Å². The number of carboxylic acids is 1. The summed E-state index contributed by atoms with van der Waals surface area (Å²) in [4.78, 5) is 23.0. The maximum Gasteiger partial charge on any atom is 0.307 e. The van der Waals surface area contributed by atoms with Crippen LogP contribution < -0.4 is 5.32 Å². The molecule has 1 amide bonds. The van der Waals surface area contributed by atoms with E-state index >= 15 is 0 Å². The molecule has 0 aromatic heterocycles. The first-order valence-electron chi connectivity index (χ1n) is 7.77. The zero-order valence-electron chi connectivity index (χ0n) is 12.7. The Morgan fingerprint density at radius 2 is 1.48 bits per heavy atom. The molecular formula is C19H19NO3. The number of nitrogens with one attached hydrogen (secondary N) is 1. The monoisotopic (exact) mass is 309 g/mol. The van der Waals surface area contributed by atoms with E-state index in [-0.39, 0.29) is 17.7 Å². The fourth-order valence-corrected chi connectivity index (χ4v) is 2.89. The van der Waals surface area contributed by atoms with E-state index in [9.17, 15) is 9.59 Å². The van der Waals surface area contributed by atoms with Crippen molar-refractivity contribution in [2.24, 2.45) is 11.8 Å². The highest BCUT2D eigenvalue weighted by Gasteiger charge is 2.48. The number of carbonyl (C=O) groups is 2. The van der Waals surface area contributed by atoms with Crippen LogP contribution in [-0.2, 0) is 9.59 Å². The average molecular weight is 309 g/mol. The molecule has 1 fully saturated rings. The van der Waals surface area contributed by atoms with Crippen LogP contribution in [0.2, 0.25) is 0 Å². The standard InChI is InChI=1S/C19H19NO3/c21-18(15-11-16(15)19(22)23)20-12-17(13-7-3-1-4-8-13)14-9-5-2-6-10-14/h1-10,15-17H,11-12H2,(H,20,21)(H,22,23). The largest absolute Gasteiger partial charge is 0.481 e. The molecule has 2 atom stereocenters. The van der Waals surface area contributed by atoms with Gasteiger partial charge in [-0.2, -0.15) is 0 Å². The van der Waals surface area contributed by atoms with E-state index in [2.05, 4.69) is 5.32 Å². The number of rotatable bonds is 6. The minimum absolute atomic E-state index is 0.0587. The van der Waals surface area contributed by atoms with E-state index in [0.717, 1.165) is 11.1 Å². The second-order valence-electron chi connectivity index (χ2n) is 5.91. The molecule has 3 rings (SSSR count). The van der Waals surface area contributed by atoms with E-state index in [4.69, 9.17) is 5.11 Å². The first-order valence-corrected chi connectivity index (χ1v) is 7.77. The topological polar surface area (TPSA) is 66.4 Å². The van der Waals surface area contributed by atoms with Crippen molar-refractivity contribution in [3.05, 3.63) is 71.8 Å². The van der Waals surface area contributed by atoms with E-state index in [1.165, 1.54) is 0 Å². The molecule has 0 saturated heterocycles. The minimum atomic E-state index is -0.882. The van der Waals surface area contributed by atoms with Crippen molar-refractivity contribution < 1.29 is 14.7 Å². The maximum absolute atomic E-state index is 12.1. The molecule has 0 aliphatic heterocycles. The lowest BCUT2D eigenvalue weighted by Crippen LogP contribution is -2.31. The van der Waals surface area contributed by atoms with Crippen LogP contribution in [0.25, 0.3) is 0 Å². The van der Waals surface area contributed by atoms with Crippen LogP contribution in [0.5, 0.6) is 0 Å². The summed E-state index contributed by atoms with van der Waals surface area (Å²) < 4.78 is 0. The van der Waals surface area contributed by atoms with Crippen molar-refractivity contribution in [1.82, 2.24) is 5.32 Å². The molecular weight excluding hydrogens is 290 g/mol. The van der Waals surface area contributed by atoms with Crippen LogP contribution in [0.4, 0.5) is 0 Å². The summed E-state index contributed by atoms with van der Waals surface area (Å²) in [5.74, 6) is -1.87. The smallest absolute Gasteiger partial charge is 0.307 e. The lowest BCUT2D eigenvalue weighted by Gasteiger charge is -2.19. The number of aliphatic carboxylic acids is 1. The van der Waals surface area contributed by atoms with Crippen molar-refractivity contribution in [2.45, 2.75) is 12.3 Å².